The lowest BCUT2D eigenvalue weighted by Crippen LogP contribution is -2.08. The highest BCUT2D eigenvalue weighted by Gasteiger charge is 2.07. The smallest absolute Gasteiger partial charge is 0.307 e. The molecule has 156 valence electrons. The van der Waals surface area contributed by atoms with Crippen molar-refractivity contribution in [2.75, 3.05) is 0 Å². The van der Waals surface area contributed by atoms with E-state index in [2.05, 4.69) is 31.2 Å². The van der Waals surface area contributed by atoms with Crippen LogP contribution >= 0.6 is 0 Å². The highest BCUT2D eigenvalue weighted by molar-refractivity contribution is 5.79. The summed E-state index contributed by atoms with van der Waals surface area (Å²) in [7, 11) is 0. The van der Waals surface area contributed by atoms with E-state index in [0.717, 1.165) is 32.1 Å². The number of carbonyl (C=O) groups excluding carboxylic acids is 1. The van der Waals surface area contributed by atoms with E-state index in [-0.39, 0.29) is 12.3 Å². The maximum atomic E-state index is 12.1. The molecule has 1 heterocycles. The lowest BCUT2D eigenvalue weighted by molar-refractivity contribution is -0.136. The summed E-state index contributed by atoms with van der Waals surface area (Å²) in [6, 6.07) is 1.70. The number of aliphatic carboxylic acids is 1. The van der Waals surface area contributed by atoms with Crippen LogP contribution in [0.25, 0.3) is 0 Å². The van der Waals surface area contributed by atoms with Crippen LogP contribution in [0.1, 0.15) is 94.3 Å². The third-order valence-corrected chi connectivity index (χ3v) is 4.74. The number of unbranched alkanes of at least 4 members (excludes halogenated alkanes) is 8. The molecule has 28 heavy (non-hydrogen) atoms. The van der Waals surface area contributed by atoms with Gasteiger partial charge in [0.05, 0.1) is 6.42 Å². The monoisotopic (exact) mass is 387 g/mol. The van der Waals surface area contributed by atoms with Crippen molar-refractivity contribution in [2.24, 2.45) is 0 Å². The zero-order valence-corrected chi connectivity index (χ0v) is 17.4. The van der Waals surface area contributed by atoms with E-state index in [0.29, 0.717) is 12.0 Å². The summed E-state index contributed by atoms with van der Waals surface area (Å²) in [6.45, 7) is 2.23. The Morgan fingerprint density at radius 1 is 0.929 bits per heavy atom. The molecule has 0 atom stereocenters. The predicted octanol–water partition coefficient (Wildman–Crippen LogP) is 6.57. The lowest BCUT2D eigenvalue weighted by Gasteiger charge is -2.02. The van der Waals surface area contributed by atoms with Gasteiger partial charge in [0.1, 0.15) is 0 Å². The van der Waals surface area contributed by atoms with Gasteiger partial charge in [0.2, 0.25) is 5.91 Å². The van der Waals surface area contributed by atoms with Crippen LogP contribution in [0, 0.1) is 0 Å². The quantitative estimate of drug-likeness (QED) is 0.258. The third-order valence-electron chi connectivity index (χ3n) is 4.74. The van der Waals surface area contributed by atoms with Crippen LogP contribution in [-0.2, 0) is 11.2 Å². The van der Waals surface area contributed by atoms with E-state index in [4.69, 9.17) is 5.11 Å². The first-order valence-electron chi connectivity index (χ1n) is 10.8. The standard InChI is InChI=1S/C24H37NO3/c1-2-3-4-5-6-7-8-9-10-11-12-13-14-15-16-17-23(26)25-19-18-22(21-25)20-24(27)28/h6-7,9-10,18-19,21H,2-5,8,11-17,20H2,1H3,(H,27,28)/b7-6+,10-9+. The summed E-state index contributed by atoms with van der Waals surface area (Å²) in [6.07, 6.45) is 25.7. The van der Waals surface area contributed by atoms with Crippen LogP contribution in [-0.4, -0.2) is 21.6 Å². The minimum absolute atomic E-state index is 0.0377. The SMILES string of the molecule is CCCCC/C=C/C/C=C/CCCCCCCC(=O)n1ccc(CC(=O)O)c1. The molecule has 1 rings (SSSR count). The largest absolute Gasteiger partial charge is 0.481 e. The van der Waals surface area contributed by atoms with Crippen LogP contribution in [0.5, 0.6) is 0 Å². The number of carboxylic acid groups (broad SMARTS) is 1. The second-order valence-electron chi connectivity index (χ2n) is 7.37. The first-order valence-corrected chi connectivity index (χ1v) is 10.8. The average Bonchev–Trinajstić information content (AvgIpc) is 3.12. The van der Waals surface area contributed by atoms with Gasteiger partial charge in [-0.25, -0.2) is 0 Å². The van der Waals surface area contributed by atoms with Crippen LogP contribution in [0.4, 0.5) is 0 Å². The minimum atomic E-state index is -0.876. The van der Waals surface area contributed by atoms with E-state index in [1.165, 1.54) is 43.1 Å². The molecule has 0 bridgehead atoms. The molecule has 1 aromatic rings. The van der Waals surface area contributed by atoms with Crippen LogP contribution in [0.3, 0.4) is 0 Å². The van der Waals surface area contributed by atoms with Crippen molar-refractivity contribution in [2.45, 2.75) is 90.4 Å². The van der Waals surface area contributed by atoms with Gasteiger partial charge < -0.3 is 5.11 Å². The van der Waals surface area contributed by atoms with Crippen LogP contribution in [0.2, 0.25) is 0 Å². The van der Waals surface area contributed by atoms with Gasteiger partial charge in [-0.15, -0.1) is 0 Å². The zero-order valence-electron chi connectivity index (χ0n) is 17.4. The molecular weight excluding hydrogens is 350 g/mol. The molecule has 0 aliphatic heterocycles. The van der Waals surface area contributed by atoms with Gasteiger partial charge in [-0.1, -0.05) is 63.3 Å². The van der Waals surface area contributed by atoms with Crippen molar-refractivity contribution in [3.63, 3.8) is 0 Å². The summed E-state index contributed by atoms with van der Waals surface area (Å²) >= 11 is 0. The minimum Gasteiger partial charge on any atom is -0.481 e. The van der Waals surface area contributed by atoms with Gasteiger partial charge in [0.15, 0.2) is 0 Å². The normalized spacial score (nSPS) is 11.6. The summed E-state index contributed by atoms with van der Waals surface area (Å²) < 4.78 is 1.52. The zero-order chi connectivity index (χ0) is 20.5. The Morgan fingerprint density at radius 3 is 2.25 bits per heavy atom. The molecule has 1 aromatic heterocycles. The number of rotatable bonds is 16. The van der Waals surface area contributed by atoms with Gasteiger partial charge in [-0.05, 0) is 50.2 Å². The maximum absolute atomic E-state index is 12.1. The molecule has 0 aromatic carbocycles. The van der Waals surface area contributed by atoms with E-state index < -0.39 is 5.97 Å². The van der Waals surface area contributed by atoms with Crippen molar-refractivity contribution >= 4 is 11.9 Å². The van der Waals surface area contributed by atoms with Crippen molar-refractivity contribution in [1.29, 1.82) is 0 Å². The molecular formula is C24H37NO3. The Balaban J connectivity index is 1.97. The predicted molar refractivity (Wildman–Crippen MR) is 116 cm³/mol. The molecule has 4 nitrogen and oxygen atoms in total. The Morgan fingerprint density at radius 2 is 1.57 bits per heavy atom. The molecule has 1 N–H and O–H groups in total. The van der Waals surface area contributed by atoms with Gasteiger partial charge in [-0.2, -0.15) is 0 Å². The van der Waals surface area contributed by atoms with Gasteiger partial charge in [0.25, 0.3) is 0 Å². The van der Waals surface area contributed by atoms with Crippen LogP contribution < -0.4 is 0 Å². The van der Waals surface area contributed by atoms with Crippen molar-refractivity contribution in [3.05, 3.63) is 48.3 Å². The van der Waals surface area contributed by atoms with E-state index in [9.17, 15) is 9.59 Å². The fraction of sp³-hybridized carbons (Fsp3) is 0.583. The third kappa shape index (κ3) is 12.3. The second kappa shape index (κ2) is 15.9. The average molecular weight is 388 g/mol. The van der Waals surface area contributed by atoms with E-state index in [1.54, 1.807) is 18.5 Å². The summed E-state index contributed by atoms with van der Waals surface area (Å²) in [4.78, 5) is 22.8. The number of nitrogens with zero attached hydrogens (tertiary/aromatic N) is 1. The van der Waals surface area contributed by atoms with Gasteiger partial charge in [-0.3, -0.25) is 14.2 Å². The Hall–Kier alpha value is -2.10. The number of hydrogen-bond donors (Lipinski definition) is 1. The topological polar surface area (TPSA) is 59.3 Å². The van der Waals surface area contributed by atoms with Crippen molar-refractivity contribution in [1.82, 2.24) is 4.57 Å². The van der Waals surface area contributed by atoms with E-state index in [1.807, 2.05) is 0 Å². The fourth-order valence-corrected chi connectivity index (χ4v) is 3.09. The molecule has 0 saturated carbocycles. The molecule has 0 radical (unpaired) electrons. The molecule has 0 aliphatic carbocycles. The maximum Gasteiger partial charge on any atom is 0.307 e. The van der Waals surface area contributed by atoms with Crippen molar-refractivity contribution < 1.29 is 14.7 Å². The highest BCUT2D eigenvalue weighted by atomic mass is 16.4. The van der Waals surface area contributed by atoms with Crippen LogP contribution in [0.15, 0.2) is 42.8 Å². The first kappa shape index (κ1) is 23.9. The molecule has 0 fully saturated rings. The number of allylic oxidation sites excluding steroid dienone is 4. The summed E-state index contributed by atoms with van der Waals surface area (Å²) in [5, 5.41) is 8.77. The highest BCUT2D eigenvalue weighted by Crippen LogP contribution is 2.10. The number of carbonyl (C=O) groups is 2. The molecule has 0 aliphatic rings. The number of aromatic nitrogens is 1. The van der Waals surface area contributed by atoms with Gasteiger partial charge in [0, 0.05) is 18.8 Å². The Labute approximate surface area is 170 Å². The Bertz CT molecular complexity index is 613. The summed E-state index contributed by atoms with van der Waals surface area (Å²) in [5.41, 5.74) is 0.667. The van der Waals surface area contributed by atoms with Crippen molar-refractivity contribution in [3.8, 4) is 0 Å². The molecule has 0 spiro atoms. The molecule has 0 saturated heterocycles. The first-order chi connectivity index (χ1) is 13.6. The number of hydrogen-bond acceptors (Lipinski definition) is 2. The van der Waals surface area contributed by atoms with Gasteiger partial charge >= 0.3 is 5.97 Å². The summed E-state index contributed by atoms with van der Waals surface area (Å²) in [5.74, 6) is -0.832. The van der Waals surface area contributed by atoms with E-state index >= 15 is 0 Å². The Kier molecular flexibility index (Phi) is 13.6. The fourth-order valence-electron chi connectivity index (χ4n) is 3.09. The molecule has 0 amide bonds. The lowest BCUT2D eigenvalue weighted by atomic mass is 10.1. The molecule has 4 heteroatoms. The molecule has 0 unspecified atom stereocenters. The second-order valence-corrected chi connectivity index (χ2v) is 7.37. The number of carboxylic acids is 1.